The van der Waals surface area contributed by atoms with E-state index in [0.717, 1.165) is 17.6 Å². The van der Waals surface area contributed by atoms with Crippen LogP contribution < -0.4 is 10.5 Å². The number of likely N-dealkylation sites (N-methyl/N-ethyl adjacent to an activating group) is 1. The molecule has 3 aromatic rings. The second kappa shape index (κ2) is 7.50. The summed E-state index contributed by atoms with van der Waals surface area (Å²) in [5.41, 5.74) is 8.83. The number of hydrogen-bond donors (Lipinski definition) is 1. The molecule has 8 heteroatoms. The number of pyridine rings is 1. The van der Waals surface area contributed by atoms with E-state index in [4.69, 9.17) is 20.2 Å². The van der Waals surface area contributed by atoms with Gasteiger partial charge in [0.25, 0.3) is 5.91 Å². The van der Waals surface area contributed by atoms with Crippen LogP contribution in [0.1, 0.15) is 23.1 Å². The Kier molecular flexibility index (Phi) is 4.53. The van der Waals surface area contributed by atoms with Crippen LogP contribution in [0.3, 0.4) is 0 Å². The number of aromatic nitrogens is 1. The average molecular weight is 456 g/mol. The van der Waals surface area contributed by atoms with Crippen LogP contribution in [0.5, 0.6) is 11.5 Å². The Hall–Kier alpha value is -4.04. The first-order valence-electron chi connectivity index (χ1n) is 11.0. The third-order valence-corrected chi connectivity index (χ3v) is 6.60. The van der Waals surface area contributed by atoms with Gasteiger partial charge in [-0.1, -0.05) is 18.2 Å². The smallest absolute Gasteiger partial charge is 0.266 e. The van der Waals surface area contributed by atoms with E-state index in [1.165, 1.54) is 11.1 Å². The molecule has 7 nitrogen and oxygen atoms in total. The average Bonchev–Trinajstić information content (AvgIpc) is 3.09. The standard InChI is InChI=1S/C26H21FN4O3/c1-31-24(32)26(30-25(31)28)19-13-16(15-8-11-33-12-9-15)4-6-21(19)34-22-7-5-17(14-20(22)26)18-3-2-10-29-23(18)27/h2-8,10,13-14H,9,11-12H2,1H3,(H2,28,30)/t26-/m1/s1. The predicted octanol–water partition coefficient (Wildman–Crippen LogP) is 3.83. The van der Waals surface area contributed by atoms with Gasteiger partial charge in [0.2, 0.25) is 11.5 Å². The van der Waals surface area contributed by atoms with Crippen molar-refractivity contribution < 1.29 is 18.7 Å². The summed E-state index contributed by atoms with van der Waals surface area (Å²) in [6.07, 6.45) is 4.21. The third-order valence-electron chi connectivity index (χ3n) is 6.60. The van der Waals surface area contributed by atoms with E-state index < -0.39 is 11.5 Å². The maximum atomic E-state index is 14.5. The van der Waals surface area contributed by atoms with E-state index in [0.29, 0.717) is 47.0 Å². The highest BCUT2D eigenvalue weighted by molar-refractivity contribution is 6.10. The van der Waals surface area contributed by atoms with Crippen molar-refractivity contribution in [1.82, 2.24) is 9.88 Å². The second-order valence-electron chi connectivity index (χ2n) is 8.46. The molecular formula is C26H21FN4O3. The summed E-state index contributed by atoms with van der Waals surface area (Å²) in [7, 11) is 1.60. The summed E-state index contributed by atoms with van der Waals surface area (Å²) in [6.45, 7) is 1.18. The normalized spacial score (nSPS) is 21.0. The van der Waals surface area contributed by atoms with Gasteiger partial charge in [-0.3, -0.25) is 9.69 Å². The number of ether oxygens (including phenoxy) is 2. The number of rotatable bonds is 2. The molecule has 0 fully saturated rings. The summed E-state index contributed by atoms with van der Waals surface area (Å²) in [5.74, 6) is 0.221. The van der Waals surface area contributed by atoms with Crippen LogP contribution in [0.4, 0.5) is 4.39 Å². The molecule has 1 spiro atoms. The van der Waals surface area contributed by atoms with E-state index in [1.807, 2.05) is 24.3 Å². The maximum absolute atomic E-state index is 14.5. The molecule has 4 heterocycles. The van der Waals surface area contributed by atoms with Gasteiger partial charge in [-0.05, 0) is 59.5 Å². The molecule has 34 heavy (non-hydrogen) atoms. The minimum absolute atomic E-state index is 0.109. The molecule has 2 N–H and O–H groups in total. The van der Waals surface area contributed by atoms with E-state index in [2.05, 4.69) is 4.98 Å². The van der Waals surface area contributed by atoms with Gasteiger partial charge in [0.15, 0.2) is 5.96 Å². The third kappa shape index (κ3) is 2.88. The topological polar surface area (TPSA) is 90.0 Å². The lowest BCUT2D eigenvalue weighted by Crippen LogP contribution is -2.42. The molecular weight excluding hydrogens is 435 g/mol. The van der Waals surface area contributed by atoms with Crippen molar-refractivity contribution in [1.29, 1.82) is 0 Å². The lowest BCUT2D eigenvalue weighted by molar-refractivity contribution is -0.129. The minimum atomic E-state index is -1.43. The summed E-state index contributed by atoms with van der Waals surface area (Å²) in [5, 5.41) is 0. The van der Waals surface area contributed by atoms with Crippen LogP contribution >= 0.6 is 0 Å². The quantitative estimate of drug-likeness (QED) is 0.592. The molecule has 0 bridgehead atoms. The number of nitrogens with two attached hydrogens (primary N) is 1. The van der Waals surface area contributed by atoms with Crippen molar-refractivity contribution in [2.24, 2.45) is 10.7 Å². The number of carbonyl (C=O) groups excluding carboxylic acids is 1. The van der Waals surface area contributed by atoms with Gasteiger partial charge in [0.05, 0.1) is 13.2 Å². The van der Waals surface area contributed by atoms with Crippen molar-refractivity contribution in [3.8, 4) is 22.6 Å². The lowest BCUT2D eigenvalue weighted by Gasteiger charge is -2.34. The molecule has 3 aliphatic heterocycles. The molecule has 0 unspecified atom stereocenters. The number of halogens is 1. The van der Waals surface area contributed by atoms with Crippen molar-refractivity contribution in [3.05, 3.63) is 83.4 Å². The Balaban J connectivity index is 1.59. The van der Waals surface area contributed by atoms with Gasteiger partial charge in [-0.2, -0.15) is 4.39 Å². The first-order chi connectivity index (χ1) is 16.5. The molecule has 1 aromatic heterocycles. The van der Waals surface area contributed by atoms with Crippen molar-refractivity contribution in [2.75, 3.05) is 20.3 Å². The van der Waals surface area contributed by atoms with Gasteiger partial charge in [-0.25, -0.2) is 9.98 Å². The number of benzene rings is 2. The molecule has 170 valence electrons. The molecule has 2 aromatic carbocycles. The Labute approximate surface area is 195 Å². The Morgan fingerprint density at radius 2 is 1.82 bits per heavy atom. The predicted molar refractivity (Wildman–Crippen MR) is 125 cm³/mol. The van der Waals surface area contributed by atoms with E-state index in [1.54, 1.807) is 37.4 Å². The second-order valence-corrected chi connectivity index (χ2v) is 8.46. The molecule has 3 aliphatic rings. The highest BCUT2D eigenvalue weighted by Crippen LogP contribution is 2.53. The highest BCUT2D eigenvalue weighted by atomic mass is 19.1. The van der Waals surface area contributed by atoms with E-state index >= 15 is 0 Å². The van der Waals surface area contributed by atoms with Gasteiger partial charge in [0, 0.05) is 29.9 Å². The van der Waals surface area contributed by atoms with Crippen molar-refractivity contribution in [2.45, 2.75) is 12.0 Å². The molecule has 1 amide bonds. The summed E-state index contributed by atoms with van der Waals surface area (Å²) in [6, 6.07) is 14.3. The van der Waals surface area contributed by atoms with Crippen LogP contribution in [-0.4, -0.2) is 42.0 Å². The first kappa shape index (κ1) is 20.6. The molecule has 0 radical (unpaired) electrons. The number of guanidine groups is 1. The molecule has 6 rings (SSSR count). The van der Waals surface area contributed by atoms with Crippen LogP contribution in [-0.2, 0) is 15.1 Å². The van der Waals surface area contributed by atoms with Crippen LogP contribution in [0.2, 0.25) is 0 Å². The molecule has 0 aliphatic carbocycles. The monoisotopic (exact) mass is 456 g/mol. The number of fused-ring (bicyclic) bond motifs is 4. The van der Waals surface area contributed by atoms with Crippen LogP contribution in [0.15, 0.2) is 65.8 Å². The number of aliphatic imine (C=N–C) groups is 1. The van der Waals surface area contributed by atoms with Gasteiger partial charge >= 0.3 is 0 Å². The van der Waals surface area contributed by atoms with Crippen LogP contribution in [0.25, 0.3) is 16.7 Å². The van der Waals surface area contributed by atoms with Crippen molar-refractivity contribution >= 4 is 17.4 Å². The fourth-order valence-corrected chi connectivity index (χ4v) is 4.82. The van der Waals surface area contributed by atoms with Crippen LogP contribution in [0, 0.1) is 5.95 Å². The number of hydrogen-bond acceptors (Lipinski definition) is 6. The summed E-state index contributed by atoms with van der Waals surface area (Å²) in [4.78, 5) is 23.6. The summed E-state index contributed by atoms with van der Waals surface area (Å²) >= 11 is 0. The molecule has 0 saturated carbocycles. The fourth-order valence-electron chi connectivity index (χ4n) is 4.82. The minimum Gasteiger partial charge on any atom is -0.457 e. The SMILES string of the molecule is CN1C(=O)[C@@]2(N=C1N)c1cc(C3=CCOCC3)ccc1Oc1ccc(-c3cccnc3F)cc12. The van der Waals surface area contributed by atoms with E-state index in [-0.39, 0.29) is 11.9 Å². The van der Waals surface area contributed by atoms with Crippen molar-refractivity contribution in [3.63, 3.8) is 0 Å². The Bertz CT molecular complexity index is 1420. The largest absolute Gasteiger partial charge is 0.457 e. The van der Waals surface area contributed by atoms with Gasteiger partial charge < -0.3 is 15.2 Å². The maximum Gasteiger partial charge on any atom is 0.266 e. The Morgan fingerprint density at radius 1 is 1.09 bits per heavy atom. The first-order valence-corrected chi connectivity index (χ1v) is 11.0. The zero-order chi connectivity index (χ0) is 23.4. The molecule has 0 saturated heterocycles. The highest BCUT2D eigenvalue weighted by Gasteiger charge is 2.54. The fraction of sp³-hybridized carbons (Fsp3) is 0.192. The number of amides is 1. The molecule has 1 atom stereocenters. The number of carbonyl (C=O) groups is 1. The number of nitrogens with zero attached hydrogens (tertiary/aromatic N) is 3. The van der Waals surface area contributed by atoms with Gasteiger partial charge in [-0.15, -0.1) is 0 Å². The Morgan fingerprint density at radius 3 is 2.47 bits per heavy atom. The lowest BCUT2D eigenvalue weighted by atomic mass is 9.78. The van der Waals surface area contributed by atoms with Gasteiger partial charge in [0.1, 0.15) is 11.5 Å². The van der Waals surface area contributed by atoms with E-state index in [9.17, 15) is 9.18 Å². The summed E-state index contributed by atoms with van der Waals surface area (Å²) < 4.78 is 26.2. The zero-order valence-electron chi connectivity index (χ0n) is 18.4. The zero-order valence-corrected chi connectivity index (χ0v) is 18.4.